The molecule has 0 aliphatic carbocycles. The number of hydrogen-bond donors (Lipinski definition) is 1. The van der Waals surface area contributed by atoms with Crippen molar-refractivity contribution in [2.45, 2.75) is 13.0 Å². The maximum absolute atomic E-state index is 12.6. The molecular formula is C11H15FN2. The second-order valence-corrected chi connectivity index (χ2v) is 3.69. The van der Waals surface area contributed by atoms with Crippen LogP contribution in [0.25, 0.3) is 0 Å². The Kier molecular flexibility index (Phi) is 3.11. The van der Waals surface area contributed by atoms with Gasteiger partial charge in [0.1, 0.15) is 5.82 Å². The summed E-state index contributed by atoms with van der Waals surface area (Å²) in [6.45, 7) is 4.09. The quantitative estimate of drug-likeness (QED) is 0.769. The van der Waals surface area contributed by atoms with E-state index >= 15 is 0 Å². The molecule has 1 aromatic rings. The topological polar surface area (TPSA) is 15.3 Å². The van der Waals surface area contributed by atoms with Gasteiger partial charge in [-0.2, -0.15) is 0 Å². The van der Waals surface area contributed by atoms with Gasteiger partial charge in [-0.3, -0.25) is 4.90 Å². The van der Waals surface area contributed by atoms with Gasteiger partial charge in [-0.1, -0.05) is 12.1 Å². The number of nitrogens with one attached hydrogen (secondary N) is 1. The van der Waals surface area contributed by atoms with E-state index in [4.69, 9.17) is 0 Å². The third-order valence-corrected chi connectivity index (χ3v) is 2.48. The van der Waals surface area contributed by atoms with Crippen molar-refractivity contribution in [2.75, 3.05) is 19.8 Å². The first-order valence-electron chi connectivity index (χ1n) is 5.02. The minimum Gasteiger partial charge on any atom is -0.304 e. The van der Waals surface area contributed by atoms with Gasteiger partial charge in [0, 0.05) is 19.8 Å². The van der Waals surface area contributed by atoms with Gasteiger partial charge >= 0.3 is 0 Å². The predicted molar refractivity (Wildman–Crippen MR) is 54.3 cm³/mol. The molecule has 0 radical (unpaired) electrons. The average Bonchev–Trinajstić information content (AvgIpc) is 2.23. The third-order valence-electron chi connectivity index (χ3n) is 2.48. The van der Waals surface area contributed by atoms with Crippen LogP contribution in [-0.2, 0) is 6.54 Å². The van der Waals surface area contributed by atoms with Crippen LogP contribution in [0, 0.1) is 5.82 Å². The number of rotatable bonds is 2. The molecule has 0 saturated carbocycles. The van der Waals surface area contributed by atoms with Crippen molar-refractivity contribution < 1.29 is 4.39 Å². The highest BCUT2D eigenvalue weighted by Gasteiger charge is 2.09. The minimum absolute atomic E-state index is 0.162. The summed E-state index contributed by atoms with van der Waals surface area (Å²) in [5, 5.41) is 3.32. The molecule has 1 aliphatic heterocycles. The Hall–Kier alpha value is -0.930. The van der Waals surface area contributed by atoms with Crippen molar-refractivity contribution in [3.63, 3.8) is 0 Å². The number of nitrogens with zero attached hydrogens (tertiary/aromatic N) is 1. The molecule has 1 aromatic carbocycles. The first kappa shape index (κ1) is 9.62. The summed E-state index contributed by atoms with van der Waals surface area (Å²) >= 11 is 0. The SMILES string of the molecule is Fc1ccc(CN2CCCNC2)cc1. The largest absolute Gasteiger partial charge is 0.304 e. The van der Waals surface area contributed by atoms with E-state index in [1.807, 2.05) is 12.1 Å². The van der Waals surface area contributed by atoms with E-state index in [0.717, 1.165) is 26.3 Å². The normalized spacial score (nSPS) is 18.4. The van der Waals surface area contributed by atoms with Crippen LogP contribution in [-0.4, -0.2) is 24.7 Å². The molecule has 2 nitrogen and oxygen atoms in total. The lowest BCUT2D eigenvalue weighted by Gasteiger charge is -2.27. The molecule has 1 N–H and O–H groups in total. The van der Waals surface area contributed by atoms with Crippen LogP contribution in [0.2, 0.25) is 0 Å². The Morgan fingerprint density at radius 2 is 2.07 bits per heavy atom. The first-order chi connectivity index (χ1) is 6.84. The fourth-order valence-corrected chi connectivity index (χ4v) is 1.73. The van der Waals surface area contributed by atoms with Crippen molar-refractivity contribution in [1.29, 1.82) is 0 Å². The van der Waals surface area contributed by atoms with E-state index < -0.39 is 0 Å². The molecule has 1 saturated heterocycles. The van der Waals surface area contributed by atoms with Gasteiger partial charge in [0.2, 0.25) is 0 Å². The second kappa shape index (κ2) is 4.53. The molecule has 0 spiro atoms. The summed E-state index contributed by atoms with van der Waals surface area (Å²) < 4.78 is 12.6. The van der Waals surface area contributed by atoms with E-state index in [9.17, 15) is 4.39 Å². The summed E-state index contributed by atoms with van der Waals surface area (Å²) in [6.07, 6.45) is 1.20. The van der Waals surface area contributed by atoms with E-state index in [1.54, 1.807) is 0 Å². The van der Waals surface area contributed by atoms with Crippen molar-refractivity contribution in [2.24, 2.45) is 0 Å². The van der Waals surface area contributed by atoms with Gasteiger partial charge in [-0.05, 0) is 30.7 Å². The highest BCUT2D eigenvalue weighted by molar-refractivity contribution is 5.15. The summed E-state index contributed by atoms with van der Waals surface area (Å²) in [5.41, 5.74) is 1.18. The lowest BCUT2D eigenvalue weighted by Crippen LogP contribution is -2.40. The average molecular weight is 194 g/mol. The van der Waals surface area contributed by atoms with E-state index in [1.165, 1.54) is 24.1 Å². The fraction of sp³-hybridized carbons (Fsp3) is 0.455. The van der Waals surface area contributed by atoms with Gasteiger partial charge in [0.25, 0.3) is 0 Å². The molecule has 0 unspecified atom stereocenters. The van der Waals surface area contributed by atoms with E-state index in [-0.39, 0.29) is 5.82 Å². The standard InChI is InChI=1S/C11H15FN2/c12-11-4-2-10(3-5-11)8-14-7-1-6-13-9-14/h2-5,13H,1,6-9H2. The van der Waals surface area contributed by atoms with Crippen LogP contribution < -0.4 is 5.32 Å². The van der Waals surface area contributed by atoms with Crippen LogP contribution in [0.3, 0.4) is 0 Å². The highest BCUT2D eigenvalue weighted by Crippen LogP contribution is 2.07. The molecule has 0 bridgehead atoms. The van der Waals surface area contributed by atoms with Crippen LogP contribution >= 0.6 is 0 Å². The van der Waals surface area contributed by atoms with Crippen LogP contribution in [0.4, 0.5) is 4.39 Å². The minimum atomic E-state index is -0.162. The number of hydrogen-bond acceptors (Lipinski definition) is 2. The second-order valence-electron chi connectivity index (χ2n) is 3.69. The van der Waals surface area contributed by atoms with Gasteiger partial charge in [0.15, 0.2) is 0 Å². The van der Waals surface area contributed by atoms with Gasteiger partial charge < -0.3 is 5.32 Å². The summed E-state index contributed by atoms with van der Waals surface area (Å²) in [7, 11) is 0. The molecule has 1 fully saturated rings. The Balaban J connectivity index is 1.92. The Labute approximate surface area is 83.7 Å². The third kappa shape index (κ3) is 2.53. The van der Waals surface area contributed by atoms with Crippen molar-refractivity contribution >= 4 is 0 Å². The van der Waals surface area contributed by atoms with E-state index in [0.29, 0.717) is 0 Å². The van der Waals surface area contributed by atoms with Crippen molar-refractivity contribution in [1.82, 2.24) is 10.2 Å². The monoisotopic (exact) mass is 194 g/mol. The molecule has 0 atom stereocenters. The zero-order valence-electron chi connectivity index (χ0n) is 8.17. The lowest BCUT2D eigenvalue weighted by atomic mass is 10.2. The summed E-state index contributed by atoms with van der Waals surface area (Å²) in [5.74, 6) is -0.162. The molecule has 2 rings (SSSR count). The highest BCUT2D eigenvalue weighted by atomic mass is 19.1. The van der Waals surface area contributed by atoms with Gasteiger partial charge in [-0.25, -0.2) is 4.39 Å². The van der Waals surface area contributed by atoms with Gasteiger partial charge in [-0.15, -0.1) is 0 Å². The first-order valence-corrected chi connectivity index (χ1v) is 5.02. The number of halogens is 1. The fourth-order valence-electron chi connectivity index (χ4n) is 1.73. The summed E-state index contributed by atoms with van der Waals surface area (Å²) in [4.78, 5) is 2.33. The Bertz CT molecular complexity index is 278. The molecular weight excluding hydrogens is 179 g/mol. The number of benzene rings is 1. The summed E-state index contributed by atoms with van der Waals surface area (Å²) in [6, 6.07) is 6.74. The lowest BCUT2D eigenvalue weighted by molar-refractivity contribution is 0.208. The molecule has 14 heavy (non-hydrogen) atoms. The molecule has 3 heteroatoms. The maximum atomic E-state index is 12.6. The Morgan fingerprint density at radius 1 is 1.29 bits per heavy atom. The van der Waals surface area contributed by atoms with Crippen molar-refractivity contribution in [3.8, 4) is 0 Å². The zero-order valence-corrected chi connectivity index (χ0v) is 8.17. The smallest absolute Gasteiger partial charge is 0.123 e. The Morgan fingerprint density at radius 3 is 2.71 bits per heavy atom. The van der Waals surface area contributed by atoms with Crippen LogP contribution in [0.1, 0.15) is 12.0 Å². The van der Waals surface area contributed by atoms with Gasteiger partial charge in [0.05, 0.1) is 0 Å². The van der Waals surface area contributed by atoms with Crippen molar-refractivity contribution in [3.05, 3.63) is 35.6 Å². The van der Waals surface area contributed by atoms with Crippen LogP contribution in [0.5, 0.6) is 0 Å². The molecule has 1 heterocycles. The predicted octanol–water partition coefficient (Wildman–Crippen LogP) is 1.58. The molecule has 1 aliphatic rings. The zero-order chi connectivity index (χ0) is 9.80. The molecule has 0 aromatic heterocycles. The van der Waals surface area contributed by atoms with Crippen LogP contribution in [0.15, 0.2) is 24.3 Å². The molecule has 76 valence electrons. The molecule has 0 amide bonds. The van der Waals surface area contributed by atoms with E-state index in [2.05, 4.69) is 10.2 Å². The maximum Gasteiger partial charge on any atom is 0.123 e.